The molecule has 40 heavy (non-hydrogen) atoms. The van der Waals surface area contributed by atoms with Crippen LogP contribution in [-0.2, 0) is 32.0 Å². The van der Waals surface area contributed by atoms with E-state index in [1.807, 2.05) is 54.7 Å². The van der Waals surface area contributed by atoms with Crippen LogP contribution in [0.5, 0.6) is 0 Å². The number of carboxylic acid groups (broad SMARTS) is 1. The van der Waals surface area contributed by atoms with Crippen LogP contribution in [0, 0.1) is 5.92 Å². The SMILES string of the molecule is CC(C)C(NC(=O)C(N)Cc1c[nH]c2ccccc12)C(=O)NCC(=O)NC(Cc1c[nH]c2ccccc12)C(=O)O. The number of H-pyrrole nitrogens is 2. The number of carbonyl (C=O) groups excluding carboxylic acids is 3. The van der Waals surface area contributed by atoms with Crippen LogP contribution in [-0.4, -0.2) is 63.4 Å². The summed E-state index contributed by atoms with van der Waals surface area (Å²) in [6.07, 6.45) is 3.87. The topological polar surface area (TPSA) is 182 Å². The number of carbonyl (C=O) groups is 4. The Kier molecular flexibility index (Phi) is 8.85. The fourth-order valence-corrected chi connectivity index (χ4v) is 4.67. The molecule has 2 aromatic carbocycles. The molecule has 4 rings (SSSR count). The molecule has 3 atom stereocenters. The number of benzene rings is 2. The number of fused-ring (bicyclic) bond motifs is 2. The average molecular weight is 547 g/mol. The van der Waals surface area contributed by atoms with Crippen molar-refractivity contribution in [3.8, 4) is 0 Å². The van der Waals surface area contributed by atoms with Gasteiger partial charge in [-0.15, -0.1) is 0 Å². The summed E-state index contributed by atoms with van der Waals surface area (Å²) in [7, 11) is 0. The van der Waals surface area contributed by atoms with Crippen LogP contribution in [0.3, 0.4) is 0 Å². The number of aliphatic carboxylic acids is 1. The molecule has 0 aliphatic rings. The highest BCUT2D eigenvalue weighted by atomic mass is 16.4. The van der Waals surface area contributed by atoms with E-state index >= 15 is 0 Å². The first kappa shape index (κ1) is 28.4. The normalized spacial score (nSPS) is 13.6. The summed E-state index contributed by atoms with van der Waals surface area (Å²) in [5.41, 5.74) is 9.61. The molecule has 4 aromatic rings. The number of aromatic amines is 2. The first-order valence-electron chi connectivity index (χ1n) is 13.1. The Labute approximate surface area is 230 Å². The van der Waals surface area contributed by atoms with Gasteiger partial charge in [0, 0.05) is 40.6 Å². The van der Waals surface area contributed by atoms with Crippen LogP contribution in [0.25, 0.3) is 21.8 Å². The molecule has 8 N–H and O–H groups in total. The lowest BCUT2D eigenvalue weighted by molar-refractivity contribution is -0.141. The fourth-order valence-electron chi connectivity index (χ4n) is 4.67. The number of amides is 3. The highest BCUT2D eigenvalue weighted by Gasteiger charge is 2.28. The lowest BCUT2D eigenvalue weighted by atomic mass is 10.0. The van der Waals surface area contributed by atoms with Gasteiger partial charge in [0.25, 0.3) is 0 Å². The van der Waals surface area contributed by atoms with Gasteiger partial charge in [-0.25, -0.2) is 4.79 Å². The van der Waals surface area contributed by atoms with Crippen molar-refractivity contribution in [2.75, 3.05) is 6.54 Å². The Morgan fingerprint density at radius 3 is 1.93 bits per heavy atom. The number of rotatable bonds is 12. The zero-order chi connectivity index (χ0) is 28.8. The van der Waals surface area contributed by atoms with Crippen LogP contribution in [0.4, 0.5) is 0 Å². The minimum Gasteiger partial charge on any atom is -0.480 e. The van der Waals surface area contributed by atoms with Crippen LogP contribution in [0.2, 0.25) is 0 Å². The number of carboxylic acids is 1. The van der Waals surface area contributed by atoms with E-state index in [1.165, 1.54) is 0 Å². The van der Waals surface area contributed by atoms with Gasteiger partial charge in [-0.2, -0.15) is 0 Å². The number of para-hydroxylation sites is 2. The van der Waals surface area contributed by atoms with Gasteiger partial charge >= 0.3 is 5.97 Å². The molecule has 3 amide bonds. The Hall–Kier alpha value is -4.64. The lowest BCUT2D eigenvalue weighted by Gasteiger charge is -2.23. The van der Waals surface area contributed by atoms with Crippen molar-refractivity contribution >= 4 is 45.5 Å². The second-order valence-electron chi connectivity index (χ2n) is 10.1. The highest BCUT2D eigenvalue weighted by Crippen LogP contribution is 2.20. The third kappa shape index (κ3) is 6.67. The monoisotopic (exact) mass is 546 g/mol. The predicted molar refractivity (Wildman–Crippen MR) is 151 cm³/mol. The van der Waals surface area contributed by atoms with Crippen LogP contribution in [0.15, 0.2) is 60.9 Å². The zero-order valence-electron chi connectivity index (χ0n) is 22.4. The predicted octanol–water partition coefficient (Wildman–Crippen LogP) is 1.59. The molecule has 0 spiro atoms. The molecule has 2 heterocycles. The van der Waals surface area contributed by atoms with E-state index in [1.54, 1.807) is 20.0 Å². The molecule has 11 heteroatoms. The van der Waals surface area contributed by atoms with Crippen molar-refractivity contribution in [2.24, 2.45) is 11.7 Å². The molecular formula is C29H34N6O5. The third-order valence-electron chi connectivity index (χ3n) is 6.85. The molecule has 0 aliphatic heterocycles. The summed E-state index contributed by atoms with van der Waals surface area (Å²) in [5, 5.41) is 19.2. The summed E-state index contributed by atoms with van der Waals surface area (Å²) in [5.74, 6) is -3.21. The van der Waals surface area contributed by atoms with Gasteiger partial charge in [-0.05, 0) is 35.6 Å². The number of nitrogens with two attached hydrogens (primary N) is 1. The van der Waals surface area contributed by atoms with E-state index in [0.29, 0.717) is 0 Å². The van der Waals surface area contributed by atoms with E-state index in [0.717, 1.165) is 32.9 Å². The van der Waals surface area contributed by atoms with Crippen molar-refractivity contribution in [1.82, 2.24) is 25.9 Å². The fraction of sp³-hybridized carbons (Fsp3) is 0.310. The number of aromatic nitrogens is 2. The molecule has 0 fully saturated rings. The molecular weight excluding hydrogens is 512 g/mol. The van der Waals surface area contributed by atoms with E-state index in [4.69, 9.17) is 5.73 Å². The number of hydrogen-bond donors (Lipinski definition) is 7. The largest absolute Gasteiger partial charge is 0.480 e. The second kappa shape index (κ2) is 12.5. The summed E-state index contributed by atoms with van der Waals surface area (Å²) in [6, 6.07) is 12.1. The van der Waals surface area contributed by atoms with Crippen molar-refractivity contribution in [3.63, 3.8) is 0 Å². The Balaban J connectivity index is 1.31. The van der Waals surface area contributed by atoms with Crippen molar-refractivity contribution in [3.05, 3.63) is 72.1 Å². The smallest absolute Gasteiger partial charge is 0.326 e. The number of nitrogens with one attached hydrogen (secondary N) is 5. The van der Waals surface area contributed by atoms with Crippen LogP contribution in [0.1, 0.15) is 25.0 Å². The van der Waals surface area contributed by atoms with E-state index in [9.17, 15) is 24.3 Å². The molecule has 3 unspecified atom stereocenters. The molecule has 0 aliphatic carbocycles. The minimum absolute atomic E-state index is 0.0675. The van der Waals surface area contributed by atoms with Gasteiger partial charge in [-0.3, -0.25) is 14.4 Å². The summed E-state index contributed by atoms with van der Waals surface area (Å²) in [6.45, 7) is 3.08. The Morgan fingerprint density at radius 2 is 1.38 bits per heavy atom. The van der Waals surface area contributed by atoms with Gasteiger partial charge < -0.3 is 36.8 Å². The minimum atomic E-state index is -1.19. The van der Waals surface area contributed by atoms with Gasteiger partial charge in [0.2, 0.25) is 17.7 Å². The molecule has 0 radical (unpaired) electrons. The Morgan fingerprint density at radius 1 is 0.825 bits per heavy atom. The molecule has 0 saturated carbocycles. The molecule has 2 aromatic heterocycles. The maximum absolute atomic E-state index is 12.9. The highest BCUT2D eigenvalue weighted by molar-refractivity contribution is 5.93. The van der Waals surface area contributed by atoms with Crippen LogP contribution < -0.4 is 21.7 Å². The zero-order valence-corrected chi connectivity index (χ0v) is 22.4. The van der Waals surface area contributed by atoms with Gasteiger partial charge in [0.05, 0.1) is 12.6 Å². The third-order valence-corrected chi connectivity index (χ3v) is 6.85. The van der Waals surface area contributed by atoms with E-state index in [2.05, 4.69) is 25.9 Å². The van der Waals surface area contributed by atoms with Gasteiger partial charge in [0.15, 0.2) is 0 Å². The van der Waals surface area contributed by atoms with E-state index < -0.39 is 48.4 Å². The maximum Gasteiger partial charge on any atom is 0.326 e. The summed E-state index contributed by atoms with van der Waals surface area (Å²) >= 11 is 0. The van der Waals surface area contributed by atoms with Crippen molar-refractivity contribution in [1.29, 1.82) is 0 Å². The van der Waals surface area contributed by atoms with E-state index in [-0.39, 0.29) is 18.8 Å². The summed E-state index contributed by atoms with van der Waals surface area (Å²) < 4.78 is 0. The maximum atomic E-state index is 12.9. The standard InChI is InChI=1S/C29H34N6O5/c1-16(2)26(35-27(37)21(30)11-17-13-31-22-9-5-3-7-19(17)22)28(38)33-15-25(36)34-24(29(39)40)12-18-14-32-23-10-6-4-8-20(18)23/h3-10,13-14,16,21,24,26,31-32H,11-12,15,30H2,1-2H3,(H,33,38)(H,34,36)(H,35,37)(H,39,40). The summed E-state index contributed by atoms with van der Waals surface area (Å²) in [4.78, 5) is 56.4. The molecule has 210 valence electrons. The quantitative estimate of drug-likeness (QED) is 0.142. The molecule has 0 bridgehead atoms. The second-order valence-corrected chi connectivity index (χ2v) is 10.1. The first-order valence-corrected chi connectivity index (χ1v) is 13.1. The van der Waals surface area contributed by atoms with Crippen molar-refractivity contribution < 1.29 is 24.3 Å². The Bertz CT molecular complexity index is 1520. The molecule has 0 saturated heterocycles. The lowest BCUT2D eigenvalue weighted by Crippen LogP contribution is -2.55. The molecule has 11 nitrogen and oxygen atoms in total. The van der Waals surface area contributed by atoms with Crippen LogP contribution >= 0.6 is 0 Å². The van der Waals surface area contributed by atoms with Crippen molar-refractivity contribution in [2.45, 2.75) is 44.8 Å². The number of hydrogen-bond acceptors (Lipinski definition) is 5. The average Bonchev–Trinajstić information content (AvgIpc) is 3.53. The van der Waals surface area contributed by atoms with Gasteiger partial charge in [-0.1, -0.05) is 50.2 Å². The van der Waals surface area contributed by atoms with Gasteiger partial charge in [0.1, 0.15) is 12.1 Å². The first-order chi connectivity index (χ1) is 19.1.